The Hall–Kier alpha value is -2.82. The summed E-state index contributed by atoms with van der Waals surface area (Å²) < 4.78 is 5.48. The molecular formula is C19H20N2O3. The van der Waals surface area contributed by atoms with Crippen molar-refractivity contribution in [1.29, 1.82) is 0 Å². The molecule has 1 aliphatic heterocycles. The van der Waals surface area contributed by atoms with E-state index in [0.29, 0.717) is 18.7 Å². The summed E-state index contributed by atoms with van der Waals surface area (Å²) in [7, 11) is 1.78. The number of rotatable bonds is 5. The van der Waals surface area contributed by atoms with Crippen LogP contribution in [-0.4, -0.2) is 25.5 Å². The fraction of sp³-hybridized carbons (Fsp3) is 0.263. The van der Waals surface area contributed by atoms with Gasteiger partial charge in [0.05, 0.1) is 6.42 Å². The molecule has 0 fully saturated rings. The second kappa shape index (κ2) is 6.74. The van der Waals surface area contributed by atoms with Crippen LogP contribution in [0.4, 0.5) is 5.69 Å². The predicted octanol–water partition coefficient (Wildman–Crippen LogP) is 2.21. The summed E-state index contributed by atoms with van der Waals surface area (Å²) in [5.41, 5.74) is 4.01. The van der Waals surface area contributed by atoms with Gasteiger partial charge in [-0.25, -0.2) is 0 Å². The number of anilines is 1. The minimum atomic E-state index is -0.176. The van der Waals surface area contributed by atoms with E-state index < -0.39 is 0 Å². The van der Waals surface area contributed by atoms with Crippen molar-refractivity contribution in [1.82, 2.24) is 5.32 Å². The molecule has 2 amide bonds. The van der Waals surface area contributed by atoms with Gasteiger partial charge >= 0.3 is 0 Å². The zero-order valence-corrected chi connectivity index (χ0v) is 13.8. The third-order valence-corrected chi connectivity index (χ3v) is 4.07. The second-order valence-electron chi connectivity index (χ2n) is 5.97. The van der Waals surface area contributed by atoms with Crippen molar-refractivity contribution in [3.05, 3.63) is 59.2 Å². The zero-order chi connectivity index (χ0) is 17.1. The van der Waals surface area contributed by atoms with Crippen LogP contribution in [0, 0.1) is 6.92 Å². The maximum Gasteiger partial charge on any atom is 0.258 e. The minimum Gasteiger partial charge on any atom is -0.484 e. The highest BCUT2D eigenvalue weighted by Gasteiger charge is 2.23. The molecule has 124 valence electrons. The first-order valence-electron chi connectivity index (χ1n) is 7.87. The Kier molecular flexibility index (Phi) is 4.51. The minimum absolute atomic E-state index is 0.0182. The normalized spacial score (nSPS) is 12.9. The van der Waals surface area contributed by atoms with Crippen LogP contribution < -0.4 is 15.0 Å². The van der Waals surface area contributed by atoms with Gasteiger partial charge in [0.1, 0.15) is 5.75 Å². The smallest absolute Gasteiger partial charge is 0.258 e. The maximum atomic E-state index is 11.9. The van der Waals surface area contributed by atoms with Gasteiger partial charge in [-0.05, 0) is 41.8 Å². The number of likely N-dealkylation sites (N-methyl/N-ethyl adjacent to an activating group) is 1. The molecule has 1 heterocycles. The molecule has 0 aliphatic carbocycles. The lowest BCUT2D eigenvalue weighted by Crippen LogP contribution is -2.28. The van der Waals surface area contributed by atoms with E-state index >= 15 is 0 Å². The summed E-state index contributed by atoms with van der Waals surface area (Å²) in [6.07, 6.45) is 0.421. The Labute approximate surface area is 141 Å². The molecule has 0 unspecified atom stereocenters. The molecule has 1 N–H and O–H groups in total. The largest absolute Gasteiger partial charge is 0.484 e. The third-order valence-electron chi connectivity index (χ3n) is 4.07. The molecule has 0 atom stereocenters. The summed E-state index contributed by atoms with van der Waals surface area (Å²) in [5, 5.41) is 2.83. The Balaban J connectivity index is 1.52. The van der Waals surface area contributed by atoms with E-state index in [9.17, 15) is 9.59 Å². The van der Waals surface area contributed by atoms with Crippen LogP contribution in [0.25, 0.3) is 0 Å². The second-order valence-corrected chi connectivity index (χ2v) is 5.97. The molecule has 0 aromatic heterocycles. The van der Waals surface area contributed by atoms with Crippen molar-refractivity contribution in [2.24, 2.45) is 0 Å². The summed E-state index contributed by atoms with van der Waals surface area (Å²) in [6.45, 7) is 2.37. The molecule has 3 rings (SSSR count). The molecule has 24 heavy (non-hydrogen) atoms. The lowest BCUT2D eigenvalue weighted by atomic mass is 10.1. The van der Waals surface area contributed by atoms with Gasteiger partial charge in [0.25, 0.3) is 5.91 Å². The Morgan fingerprint density at radius 1 is 1.25 bits per heavy atom. The molecule has 5 heteroatoms. The Bertz CT molecular complexity index is 786. The maximum absolute atomic E-state index is 11.9. The molecule has 0 bridgehead atoms. The van der Waals surface area contributed by atoms with Gasteiger partial charge in [0.2, 0.25) is 5.91 Å². The summed E-state index contributed by atoms with van der Waals surface area (Å²) in [4.78, 5) is 25.3. The van der Waals surface area contributed by atoms with Gasteiger partial charge < -0.3 is 15.0 Å². The highest BCUT2D eigenvalue weighted by Crippen LogP contribution is 2.28. The number of benzene rings is 2. The average Bonchev–Trinajstić information content (AvgIpc) is 2.85. The van der Waals surface area contributed by atoms with Crippen molar-refractivity contribution >= 4 is 17.5 Å². The number of amides is 2. The molecule has 1 aliphatic rings. The van der Waals surface area contributed by atoms with Crippen molar-refractivity contribution in [2.45, 2.75) is 19.9 Å². The van der Waals surface area contributed by atoms with Crippen LogP contribution in [0.1, 0.15) is 16.7 Å². The monoisotopic (exact) mass is 324 g/mol. The summed E-state index contributed by atoms with van der Waals surface area (Å²) in [6, 6.07) is 13.4. The van der Waals surface area contributed by atoms with Crippen molar-refractivity contribution in [2.75, 3.05) is 18.6 Å². The molecule has 2 aromatic rings. The van der Waals surface area contributed by atoms with E-state index in [1.807, 2.05) is 49.4 Å². The van der Waals surface area contributed by atoms with Crippen LogP contribution in [0.3, 0.4) is 0 Å². The number of hydrogen-bond acceptors (Lipinski definition) is 3. The molecule has 0 radical (unpaired) electrons. The van der Waals surface area contributed by atoms with E-state index in [0.717, 1.165) is 22.4 Å². The van der Waals surface area contributed by atoms with Crippen LogP contribution in [-0.2, 0) is 22.6 Å². The average molecular weight is 324 g/mol. The number of aryl methyl sites for hydroxylation is 1. The van der Waals surface area contributed by atoms with Gasteiger partial charge in [-0.1, -0.05) is 24.3 Å². The predicted molar refractivity (Wildman–Crippen MR) is 92.1 cm³/mol. The SMILES string of the molecule is Cc1cccc(OCC(=O)NCc2ccc3c(c2)CC(=O)N3C)c1. The molecule has 5 nitrogen and oxygen atoms in total. The third kappa shape index (κ3) is 3.56. The van der Waals surface area contributed by atoms with Crippen LogP contribution in [0.5, 0.6) is 5.75 Å². The van der Waals surface area contributed by atoms with Crippen LogP contribution in [0.15, 0.2) is 42.5 Å². The van der Waals surface area contributed by atoms with Crippen LogP contribution in [0.2, 0.25) is 0 Å². The Morgan fingerprint density at radius 2 is 2.08 bits per heavy atom. The summed E-state index contributed by atoms with van der Waals surface area (Å²) >= 11 is 0. The van der Waals surface area contributed by atoms with E-state index in [1.165, 1.54) is 0 Å². The lowest BCUT2D eigenvalue weighted by Gasteiger charge is -2.11. The van der Waals surface area contributed by atoms with E-state index in [-0.39, 0.29) is 18.4 Å². The van der Waals surface area contributed by atoms with Crippen molar-refractivity contribution in [3.8, 4) is 5.75 Å². The first kappa shape index (κ1) is 16.1. The van der Waals surface area contributed by atoms with E-state index in [4.69, 9.17) is 4.74 Å². The highest BCUT2D eigenvalue weighted by atomic mass is 16.5. The molecule has 2 aromatic carbocycles. The standard InChI is InChI=1S/C19H20N2O3/c1-13-4-3-5-16(8-13)24-12-18(22)20-11-14-6-7-17-15(9-14)10-19(23)21(17)2/h3-9H,10-12H2,1-2H3,(H,20,22). The molecular weight excluding hydrogens is 304 g/mol. The number of fused-ring (bicyclic) bond motifs is 1. The molecule has 0 saturated heterocycles. The van der Waals surface area contributed by atoms with Gasteiger partial charge in [0.15, 0.2) is 6.61 Å². The highest BCUT2D eigenvalue weighted by molar-refractivity contribution is 6.00. The summed E-state index contributed by atoms with van der Waals surface area (Å²) in [5.74, 6) is 0.604. The molecule has 0 saturated carbocycles. The zero-order valence-electron chi connectivity index (χ0n) is 13.8. The quantitative estimate of drug-likeness (QED) is 0.917. The van der Waals surface area contributed by atoms with Gasteiger partial charge in [-0.15, -0.1) is 0 Å². The van der Waals surface area contributed by atoms with E-state index in [1.54, 1.807) is 11.9 Å². The number of ether oxygens (including phenoxy) is 1. The number of carbonyl (C=O) groups excluding carboxylic acids is 2. The Morgan fingerprint density at radius 3 is 2.88 bits per heavy atom. The topological polar surface area (TPSA) is 58.6 Å². The lowest BCUT2D eigenvalue weighted by molar-refractivity contribution is -0.123. The van der Waals surface area contributed by atoms with Crippen LogP contribution >= 0.6 is 0 Å². The number of hydrogen-bond donors (Lipinski definition) is 1. The fourth-order valence-electron chi connectivity index (χ4n) is 2.74. The first-order valence-corrected chi connectivity index (χ1v) is 7.87. The number of carbonyl (C=O) groups is 2. The number of nitrogens with zero attached hydrogens (tertiary/aromatic N) is 1. The first-order chi connectivity index (χ1) is 11.5. The van der Waals surface area contributed by atoms with Gasteiger partial charge in [-0.3, -0.25) is 9.59 Å². The fourth-order valence-corrected chi connectivity index (χ4v) is 2.74. The van der Waals surface area contributed by atoms with Crippen molar-refractivity contribution < 1.29 is 14.3 Å². The molecule has 0 spiro atoms. The van der Waals surface area contributed by atoms with Gasteiger partial charge in [-0.2, -0.15) is 0 Å². The van der Waals surface area contributed by atoms with Crippen molar-refractivity contribution in [3.63, 3.8) is 0 Å². The number of nitrogens with one attached hydrogen (secondary N) is 1. The van der Waals surface area contributed by atoms with Gasteiger partial charge in [0, 0.05) is 19.3 Å². The van der Waals surface area contributed by atoms with E-state index in [2.05, 4.69) is 5.32 Å².